The lowest BCUT2D eigenvalue weighted by atomic mass is 9.96. The smallest absolute Gasteiger partial charge is 0.326 e. The van der Waals surface area contributed by atoms with Crippen molar-refractivity contribution in [1.29, 1.82) is 0 Å². The van der Waals surface area contributed by atoms with E-state index in [9.17, 15) is 9.18 Å². The molecule has 0 aromatic heterocycles. The number of amides is 2. The zero-order valence-electron chi connectivity index (χ0n) is 19.4. The lowest BCUT2D eigenvalue weighted by Gasteiger charge is -2.25. The number of hydrogen-bond donors (Lipinski definition) is 1. The number of halogens is 1. The average molecular weight is 465 g/mol. The van der Waals surface area contributed by atoms with Gasteiger partial charge in [0.05, 0.1) is 13.2 Å². The first kappa shape index (κ1) is 22.4. The van der Waals surface area contributed by atoms with Crippen LogP contribution < -0.4 is 15.0 Å². The third-order valence-corrected chi connectivity index (χ3v) is 5.98. The van der Waals surface area contributed by atoms with Gasteiger partial charge in [-0.05, 0) is 82.6 Å². The number of carbonyl (C=O) groups excluding carboxylic acids is 1. The zero-order valence-corrected chi connectivity index (χ0v) is 19.4. The van der Waals surface area contributed by atoms with Gasteiger partial charge in [-0.1, -0.05) is 54.6 Å². The minimum Gasteiger partial charge on any atom is -0.494 e. The summed E-state index contributed by atoms with van der Waals surface area (Å²) < 4.78 is 19.4. The van der Waals surface area contributed by atoms with E-state index in [4.69, 9.17) is 4.74 Å². The molecule has 0 aliphatic rings. The molecule has 5 aromatic rings. The average Bonchev–Trinajstić information content (AvgIpc) is 2.87. The summed E-state index contributed by atoms with van der Waals surface area (Å²) in [6, 6.07) is 31.5. The Balaban J connectivity index is 1.60. The molecule has 0 heterocycles. The molecule has 5 rings (SSSR count). The Hall–Kier alpha value is -4.38. The second kappa shape index (κ2) is 9.85. The number of benzene rings is 5. The van der Waals surface area contributed by atoms with Crippen LogP contribution >= 0.6 is 0 Å². The van der Waals surface area contributed by atoms with Gasteiger partial charge in [0.1, 0.15) is 11.6 Å². The number of carbonyl (C=O) groups is 1. The van der Waals surface area contributed by atoms with Crippen molar-refractivity contribution >= 4 is 39.0 Å². The highest BCUT2D eigenvalue weighted by Gasteiger charge is 2.20. The number of nitrogens with zero attached hydrogens (tertiary/aromatic N) is 1. The predicted octanol–water partition coefficient (Wildman–Crippen LogP) is 7.77. The van der Waals surface area contributed by atoms with Crippen molar-refractivity contribution < 1.29 is 13.9 Å². The first-order valence-corrected chi connectivity index (χ1v) is 11.6. The molecule has 0 atom stereocenters. The molecule has 0 bridgehead atoms. The Morgan fingerprint density at radius 2 is 1.49 bits per heavy atom. The molecule has 0 saturated heterocycles. The largest absolute Gasteiger partial charge is 0.494 e. The van der Waals surface area contributed by atoms with Gasteiger partial charge in [0.2, 0.25) is 0 Å². The number of anilines is 2. The van der Waals surface area contributed by atoms with Crippen molar-refractivity contribution in [3.63, 3.8) is 0 Å². The highest BCUT2D eigenvalue weighted by molar-refractivity contribution is 6.05. The monoisotopic (exact) mass is 464 g/mol. The van der Waals surface area contributed by atoms with E-state index in [0.29, 0.717) is 24.5 Å². The van der Waals surface area contributed by atoms with Crippen LogP contribution in [0.15, 0.2) is 103 Å². The van der Waals surface area contributed by atoms with E-state index < -0.39 is 5.82 Å². The van der Waals surface area contributed by atoms with Crippen LogP contribution in [-0.2, 0) is 6.54 Å². The van der Waals surface area contributed by atoms with Crippen molar-refractivity contribution in [2.24, 2.45) is 0 Å². The standard InChI is InChI=1S/C30H25FN2O2/c1-2-35-26-16-14-25(15-17-26)33(30(34)32-24-11-7-10-23(31)19-24)20-29-27-12-5-3-8-21(27)18-22-9-4-6-13-28(22)29/h3-19H,2,20H2,1H3,(H,32,34). The first-order valence-electron chi connectivity index (χ1n) is 11.6. The van der Waals surface area contributed by atoms with Gasteiger partial charge in [0.15, 0.2) is 0 Å². The van der Waals surface area contributed by atoms with Gasteiger partial charge < -0.3 is 10.1 Å². The summed E-state index contributed by atoms with van der Waals surface area (Å²) in [5, 5.41) is 7.24. The maximum atomic E-state index is 13.8. The van der Waals surface area contributed by atoms with Gasteiger partial charge in [-0.25, -0.2) is 9.18 Å². The Bertz CT molecular complexity index is 1440. The molecule has 5 aromatic carbocycles. The molecule has 1 N–H and O–H groups in total. The third kappa shape index (κ3) is 4.80. The quantitative estimate of drug-likeness (QED) is 0.261. The Morgan fingerprint density at radius 3 is 2.11 bits per heavy atom. The van der Waals surface area contributed by atoms with Crippen molar-refractivity contribution in [1.82, 2.24) is 0 Å². The van der Waals surface area contributed by atoms with Crippen molar-refractivity contribution in [3.05, 3.63) is 115 Å². The number of ether oxygens (including phenoxy) is 1. The number of rotatable bonds is 6. The second-order valence-electron chi connectivity index (χ2n) is 8.25. The van der Waals surface area contributed by atoms with E-state index in [1.165, 1.54) is 12.1 Å². The third-order valence-electron chi connectivity index (χ3n) is 5.98. The summed E-state index contributed by atoms with van der Waals surface area (Å²) in [6.45, 7) is 2.82. The summed E-state index contributed by atoms with van der Waals surface area (Å²) in [7, 11) is 0. The normalized spacial score (nSPS) is 10.9. The van der Waals surface area contributed by atoms with E-state index in [0.717, 1.165) is 32.9 Å². The van der Waals surface area contributed by atoms with Gasteiger partial charge in [-0.3, -0.25) is 4.90 Å². The fourth-order valence-electron chi connectivity index (χ4n) is 4.36. The maximum Gasteiger partial charge on any atom is 0.326 e. The molecule has 0 saturated carbocycles. The predicted molar refractivity (Wildman–Crippen MR) is 141 cm³/mol. The Kier molecular flexibility index (Phi) is 6.31. The van der Waals surface area contributed by atoms with Gasteiger partial charge >= 0.3 is 6.03 Å². The summed E-state index contributed by atoms with van der Waals surface area (Å²) >= 11 is 0. The minimum atomic E-state index is -0.407. The first-order chi connectivity index (χ1) is 17.1. The fourth-order valence-corrected chi connectivity index (χ4v) is 4.36. The number of nitrogens with one attached hydrogen (secondary N) is 1. The number of hydrogen-bond acceptors (Lipinski definition) is 2. The van der Waals surface area contributed by atoms with Crippen molar-refractivity contribution in [3.8, 4) is 5.75 Å². The van der Waals surface area contributed by atoms with E-state index >= 15 is 0 Å². The second-order valence-corrected chi connectivity index (χ2v) is 8.25. The molecule has 174 valence electrons. The topological polar surface area (TPSA) is 41.6 Å². The molecule has 0 radical (unpaired) electrons. The van der Waals surface area contributed by atoms with Gasteiger partial charge in [-0.15, -0.1) is 0 Å². The molecule has 2 amide bonds. The maximum absolute atomic E-state index is 13.8. The van der Waals surface area contributed by atoms with Crippen LogP contribution in [-0.4, -0.2) is 12.6 Å². The Morgan fingerprint density at radius 1 is 0.829 bits per heavy atom. The summed E-state index contributed by atoms with van der Waals surface area (Å²) in [5.41, 5.74) is 2.15. The molecule has 0 spiro atoms. The lowest BCUT2D eigenvalue weighted by molar-refractivity contribution is 0.256. The molecule has 5 heteroatoms. The molecule has 0 aliphatic carbocycles. The molecule has 35 heavy (non-hydrogen) atoms. The van der Waals surface area contributed by atoms with Gasteiger partial charge in [-0.2, -0.15) is 0 Å². The van der Waals surface area contributed by atoms with E-state index in [2.05, 4.69) is 35.6 Å². The van der Waals surface area contributed by atoms with Crippen LogP contribution in [0.2, 0.25) is 0 Å². The lowest BCUT2D eigenvalue weighted by Crippen LogP contribution is -2.34. The molecule has 0 aliphatic heterocycles. The van der Waals surface area contributed by atoms with E-state index in [1.54, 1.807) is 17.0 Å². The van der Waals surface area contributed by atoms with Gasteiger partial charge in [0.25, 0.3) is 0 Å². The van der Waals surface area contributed by atoms with Crippen LogP contribution in [0.1, 0.15) is 12.5 Å². The number of fused-ring (bicyclic) bond motifs is 2. The SMILES string of the molecule is CCOc1ccc(N(Cc2c3ccccc3cc3ccccc23)C(=O)Nc2cccc(F)c2)cc1. The Labute approximate surface area is 203 Å². The molecular formula is C30H25FN2O2. The van der Waals surface area contributed by atoms with Crippen LogP contribution in [0.4, 0.5) is 20.6 Å². The minimum absolute atomic E-state index is 0.330. The van der Waals surface area contributed by atoms with E-state index in [1.807, 2.05) is 55.5 Å². The zero-order chi connectivity index (χ0) is 24.2. The molecule has 0 unspecified atom stereocenters. The van der Waals surface area contributed by atoms with Crippen molar-refractivity contribution in [2.45, 2.75) is 13.5 Å². The summed E-state index contributed by atoms with van der Waals surface area (Å²) in [5.74, 6) is 0.327. The van der Waals surface area contributed by atoms with Crippen LogP contribution in [0.5, 0.6) is 5.75 Å². The molecular weight excluding hydrogens is 439 g/mol. The fraction of sp³-hybridized carbons (Fsp3) is 0.100. The van der Waals surface area contributed by atoms with Crippen LogP contribution in [0.3, 0.4) is 0 Å². The molecule has 0 fully saturated rings. The molecule has 4 nitrogen and oxygen atoms in total. The van der Waals surface area contributed by atoms with E-state index in [-0.39, 0.29) is 6.03 Å². The summed E-state index contributed by atoms with van der Waals surface area (Å²) in [4.78, 5) is 15.2. The highest BCUT2D eigenvalue weighted by Crippen LogP contribution is 2.31. The number of urea groups is 1. The van der Waals surface area contributed by atoms with Crippen LogP contribution in [0, 0.1) is 5.82 Å². The van der Waals surface area contributed by atoms with Crippen molar-refractivity contribution in [2.75, 3.05) is 16.8 Å². The van der Waals surface area contributed by atoms with Gasteiger partial charge in [0, 0.05) is 11.4 Å². The highest BCUT2D eigenvalue weighted by atomic mass is 19.1. The van der Waals surface area contributed by atoms with Crippen LogP contribution in [0.25, 0.3) is 21.5 Å². The summed E-state index contributed by atoms with van der Waals surface area (Å²) in [6.07, 6.45) is 0.